The van der Waals surface area contributed by atoms with Crippen LogP contribution in [0.2, 0.25) is 0 Å². The first kappa shape index (κ1) is 22.2. The molecule has 1 atom stereocenters. The van der Waals surface area contributed by atoms with E-state index >= 15 is 0 Å². The van der Waals surface area contributed by atoms with E-state index < -0.39 is 0 Å². The Morgan fingerprint density at radius 3 is 2.70 bits per heavy atom. The molecule has 3 heterocycles. The number of aryl methyl sites for hydroxylation is 1. The zero-order chi connectivity index (χ0) is 22.8. The summed E-state index contributed by atoms with van der Waals surface area (Å²) >= 11 is 1.81. The molecule has 2 aromatic heterocycles. The molecule has 2 aliphatic rings. The van der Waals surface area contributed by atoms with E-state index in [1.165, 1.54) is 16.9 Å². The SMILES string of the molecule is CCOc1cc(N2CCOCC2)c(OCC)cc1Nc1ncnc2sc3c(c12)CCC(C)C3. The van der Waals surface area contributed by atoms with Crippen LogP contribution in [-0.2, 0) is 17.6 Å². The average molecular weight is 469 g/mol. The van der Waals surface area contributed by atoms with Crippen LogP contribution in [0.4, 0.5) is 17.2 Å². The minimum Gasteiger partial charge on any atom is -0.492 e. The Bertz CT molecular complexity index is 1130. The Balaban J connectivity index is 1.56. The summed E-state index contributed by atoms with van der Waals surface area (Å²) in [6.45, 7) is 10.6. The highest BCUT2D eigenvalue weighted by Crippen LogP contribution is 2.43. The molecule has 5 rings (SSSR count). The third kappa shape index (κ3) is 4.46. The molecule has 33 heavy (non-hydrogen) atoms. The minimum atomic E-state index is 0.579. The molecule has 1 saturated heterocycles. The van der Waals surface area contributed by atoms with Gasteiger partial charge in [0.25, 0.3) is 0 Å². The average Bonchev–Trinajstić information content (AvgIpc) is 3.20. The van der Waals surface area contributed by atoms with Crippen molar-refractivity contribution < 1.29 is 14.2 Å². The number of fused-ring (bicyclic) bond motifs is 3. The summed E-state index contributed by atoms with van der Waals surface area (Å²) < 4.78 is 17.7. The number of ether oxygens (including phenoxy) is 3. The fourth-order valence-electron chi connectivity index (χ4n) is 4.74. The Hall–Kier alpha value is -2.58. The molecule has 0 saturated carbocycles. The van der Waals surface area contributed by atoms with Gasteiger partial charge in [-0.1, -0.05) is 6.92 Å². The second-order valence-electron chi connectivity index (χ2n) is 8.66. The highest BCUT2D eigenvalue weighted by Gasteiger charge is 2.24. The lowest BCUT2D eigenvalue weighted by Gasteiger charge is -2.31. The van der Waals surface area contributed by atoms with Crippen molar-refractivity contribution >= 4 is 38.7 Å². The smallest absolute Gasteiger partial charge is 0.145 e. The number of morpholine rings is 1. The largest absolute Gasteiger partial charge is 0.492 e. The highest BCUT2D eigenvalue weighted by molar-refractivity contribution is 7.19. The van der Waals surface area contributed by atoms with Crippen LogP contribution in [0.1, 0.15) is 37.6 Å². The van der Waals surface area contributed by atoms with Gasteiger partial charge in [0.15, 0.2) is 0 Å². The summed E-state index contributed by atoms with van der Waals surface area (Å²) in [4.78, 5) is 14.1. The highest BCUT2D eigenvalue weighted by atomic mass is 32.1. The number of rotatable bonds is 7. The van der Waals surface area contributed by atoms with Crippen molar-refractivity contribution in [3.8, 4) is 11.5 Å². The lowest BCUT2D eigenvalue weighted by Crippen LogP contribution is -2.36. The van der Waals surface area contributed by atoms with E-state index in [1.54, 1.807) is 6.33 Å². The molecule has 0 spiro atoms. The number of nitrogens with one attached hydrogen (secondary N) is 1. The number of anilines is 3. The molecule has 3 aromatic rings. The fourth-order valence-corrected chi connectivity index (χ4v) is 6.09. The van der Waals surface area contributed by atoms with Crippen LogP contribution in [0.5, 0.6) is 11.5 Å². The molecular formula is C25H32N4O3S. The van der Waals surface area contributed by atoms with Crippen molar-refractivity contribution in [1.82, 2.24) is 9.97 Å². The van der Waals surface area contributed by atoms with E-state index in [0.717, 1.165) is 84.0 Å². The molecule has 0 radical (unpaired) electrons. The van der Waals surface area contributed by atoms with Crippen LogP contribution in [-0.4, -0.2) is 49.5 Å². The first-order valence-electron chi connectivity index (χ1n) is 12.0. The fraction of sp³-hybridized carbons (Fsp3) is 0.520. The van der Waals surface area contributed by atoms with Gasteiger partial charge < -0.3 is 24.4 Å². The zero-order valence-corrected chi connectivity index (χ0v) is 20.5. The summed E-state index contributed by atoms with van der Waals surface area (Å²) in [5, 5.41) is 4.74. The summed E-state index contributed by atoms with van der Waals surface area (Å²) in [6.07, 6.45) is 5.07. The second-order valence-corrected chi connectivity index (χ2v) is 9.74. The molecule has 1 unspecified atom stereocenters. The van der Waals surface area contributed by atoms with E-state index in [4.69, 9.17) is 14.2 Å². The van der Waals surface area contributed by atoms with Crippen molar-refractivity contribution in [3.63, 3.8) is 0 Å². The normalized spacial score (nSPS) is 18.3. The third-order valence-corrected chi connectivity index (χ3v) is 7.52. The monoisotopic (exact) mass is 468 g/mol. The molecule has 0 amide bonds. The van der Waals surface area contributed by atoms with Gasteiger partial charge in [-0.25, -0.2) is 9.97 Å². The third-order valence-electron chi connectivity index (χ3n) is 6.36. The number of nitrogens with zero attached hydrogens (tertiary/aromatic N) is 3. The van der Waals surface area contributed by atoms with Gasteiger partial charge in [0.2, 0.25) is 0 Å². The molecule has 1 aliphatic carbocycles. The predicted octanol–water partition coefficient (Wildman–Crippen LogP) is 5.19. The number of thiophene rings is 1. The van der Waals surface area contributed by atoms with Crippen LogP contribution in [0.15, 0.2) is 18.5 Å². The zero-order valence-electron chi connectivity index (χ0n) is 19.6. The molecule has 1 aliphatic heterocycles. The first-order chi connectivity index (χ1) is 16.2. The van der Waals surface area contributed by atoms with Crippen LogP contribution in [0, 0.1) is 5.92 Å². The standard InChI is InChI=1S/C25H32N4O3S/c1-4-31-20-14-19(29-8-10-30-11-9-29)21(32-5-2)13-18(20)28-24-23-17-7-6-16(3)12-22(17)33-25(23)27-15-26-24/h13-16H,4-12H2,1-3H3,(H,26,27,28). The summed E-state index contributed by atoms with van der Waals surface area (Å²) in [7, 11) is 0. The van der Waals surface area contributed by atoms with Crippen LogP contribution in [0.3, 0.4) is 0 Å². The molecule has 7 nitrogen and oxygen atoms in total. The van der Waals surface area contributed by atoms with Crippen molar-refractivity contribution in [2.75, 3.05) is 49.7 Å². The van der Waals surface area contributed by atoms with E-state index in [9.17, 15) is 0 Å². The summed E-state index contributed by atoms with van der Waals surface area (Å²) in [6, 6.07) is 4.14. The quantitative estimate of drug-likeness (QED) is 0.511. The first-order valence-corrected chi connectivity index (χ1v) is 12.8. The van der Waals surface area contributed by atoms with Crippen molar-refractivity contribution in [3.05, 3.63) is 28.9 Å². The molecule has 1 fully saturated rings. The molecule has 0 bridgehead atoms. The van der Waals surface area contributed by atoms with Crippen LogP contribution in [0.25, 0.3) is 10.2 Å². The van der Waals surface area contributed by atoms with Gasteiger partial charge in [-0.2, -0.15) is 0 Å². The number of hydrogen-bond donors (Lipinski definition) is 1. The van der Waals surface area contributed by atoms with Crippen molar-refractivity contribution in [2.24, 2.45) is 5.92 Å². The molecule has 1 N–H and O–H groups in total. The Morgan fingerprint density at radius 1 is 1.12 bits per heavy atom. The number of benzene rings is 1. The topological polar surface area (TPSA) is 68.7 Å². The van der Waals surface area contributed by atoms with Crippen molar-refractivity contribution in [1.29, 1.82) is 0 Å². The van der Waals surface area contributed by atoms with Gasteiger partial charge >= 0.3 is 0 Å². The van der Waals surface area contributed by atoms with Gasteiger partial charge in [0.1, 0.15) is 28.5 Å². The van der Waals surface area contributed by atoms with Gasteiger partial charge in [0.05, 0.1) is 43.2 Å². The lowest BCUT2D eigenvalue weighted by molar-refractivity contribution is 0.122. The maximum atomic E-state index is 6.08. The number of aromatic nitrogens is 2. The van der Waals surface area contributed by atoms with E-state index in [0.29, 0.717) is 13.2 Å². The molecule has 1 aromatic carbocycles. The van der Waals surface area contributed by atoms with Crippen molar-refractivity contribution in [2.45, 2.75) is 40.0 Å². The van der Waals surface area contributed by atoms with E-state index in [-0.39, 0.29) is 0 Å². The summed E-state index contributed by atoms with van der Waals surface area (Å²) in [5.41, 5.74) is 3.31. The van der Waals surface area contributed by atoms with Crippen LogP contribution < -0.4 is 19.7 Å². The molecule has 176 valence electrons. The van der Waals surface area contributed by atoms with E-state index in [1.807, 2.05) is 31.3 Å². The van der Waals surface area contributed by atoms with E-state index in [2.05, 4.69) is 33.2 Å². The summed E-state index contributed by atoms with van der Waals surface area (Å²) in [5.74, 6) is 3.21. The molecule has 8 heteroatoms. The molecular weight excluding hydrogens is 436 g/mol. The Morgan fingerprint density at radius 2 is 1.91 bits per heavy atom. The van der Waals surface area contributed by atoms with Gasteiger partial charge in [-0.3, -0.25) is 0 Å². The van der Waals surface area contributed by atoms with Gasteiger partial charge in [0, 0.05) is 30.1 Å². The van der Waals surface area contributed by atoms with Crippen LogP contribution >= 0.6 is 11.3 Å². The number of hydrogen-bond acceptors (Lipinski definition) is 8. The maximum absolute atomic E-state index is 6.08. The predicted molar refractivity (Wildman–Crippen MR) is 134 cm³/mol. The Kier molecular flexibility index (Phi) is 6.55. The lowest BCUT2D eigenvalue weighted by atomic mass is 9.89. The Labute approximate surface area is 199 Å². The minimum absolute atomic E-state index is 0.579. The maximum Gasteiger partial charge on any atom is 0.145 e. The van der Waals surface area contributed by atoms with Gasteiger partial charge in [-0.05, 0) is 44.6 Å². The second kappa shape index (κ2) is 9.73. The van der Waals surface area contributed by atoms with Gasteiger partial charge in [-0.15, -0.1) is 11.3 Å².